The lowest BCUT2D eigenvalue weighted by atomic mass is 10.2. The Morgan fingerprint density at radius 3 is 2.38 bits per heavy atom. The molecule has 1 heterocycles. The smallest absolute Gasteiger partial charge is 0.243 e. The summed E-state index contributed by atoms with van der Waals surface area (Å²) in [7, 11) is -3.50. The molecule has 3 rings (SSSR count). The van der Waals surface area contributed by atoms with Crippen LogP contribution >= 0.6 is 0 Å². The van der Waals surface area contributed by atoms with Gasteiger partial charge >= 0.3 is 0 Å². The number of hydrogen-bond acceptors (Lipinski definition) is 5. The molecular formula is C17H21N3O3S. The van der Waals surface area contributed by atoms with Crippen molar-refractivity contribution in [3.63, 3.8) is 0 Å². The quantitative estimate of drug-likeness (QED) is 0.780. The monoisotopic (exact) mass is 347 g/mol. The molecule has 0 aliphatic carbocycles. The molecule has 0 radical (unpaired) electrons. The van der Waals surface area contributed by atoms with Crippen molar-refractivity contribution >= 4 is 15.7 Å². The summed E-state index contributed by atoms with van der Waals surface area (Å²) in [5.41, 5.74) is 7.80. The van der Waals surface area contributed by atoms with E-state index >= 15 is 0 Å². The number of morpholine rings is 1. The minimum Gasteiger partial charge on any atom is -0.379 e. The van der Waals surface area contributed by atoms with Crippen LogP contribution in [-0.2, 0) is 21.3 Å². The molecule has 6 nitrogen and oxygen atoms in total. The van der Waals surface area contributed by atoms with E-state index in [-0.39, 0.29) is 0 Å². The van der Waals surface area contributed by atoms with Crippen LogP contribution in [0.15, 0.2) is 59.5 Å². The molecule has 2 N–H and O–H groups in total. The molecule has 2 aromatic carbocycles. The number of hydrazine groups is 1. The van der Waals surface area contributed by atoms with Gasteiger partial charge in [0.25, 0.3) is 0 Å². The van der Waals surface area contributed by atoms with E-state index in [1.54, 1.807) is 12.1 Å². The zero-order chi connectivity index (χ0) is 16.8. The Hall–Kier alpha value is -1.93. The summed E-state index contributed by atoms with van der Waals surface area (Å²) in [4.78, 5) is 0.342. The molecule has 1 aliphatic heterocycles. The van der Waals surface area contributed by atoms with Crippen molar-refractivity contribution in [3.05, 3.63) is 60.2 Å². The van der Waals surface area contributed by atoms with Crippen LogP contribution < -0.4 is 10.9 Å². The second-order valence-corrected chi connectivity index (χ2v) is 7.38. The van der Waals surface area contributed by atoms with E-state index < -0.39 is 10.0 Å². The molecule has 2 aromatic rings. The number of ether oxygens (including phenoxy) is 1. The van der Waals surface area contributed by atoms with Gasteiger partial charge in [0.15, 0.2) is 0 Å². The normalized spacial score (nSPS) is 16.0. The lowest BCUT2D eigenvalue weighted by molar-refractivity contribution is 0.0730. The Morgan fingerprint density at radius 1 is 0.958 bits per heavy atom. The van der Waals surface area contributed by atoms with Crippen molar-refractivity contribution in [1.82, 2.24) is 9.73 Å². The molecular weight excluding hydrogens is 326 g/mol. The highest BCUT2D eigenvalue weighted by molar-refractivity contribution is 7.89. The van der Waals surface area contributed by atoms with Crippen molar-refractivity contribution in [2.45, 2.75) is 11.4 Å². The molecule has 0 atom stereocenters. The zero-order valence-corrected chi connectivity index (χ0v) is 14.1. The van der Waals surface area contributed by atoms with Gasteiger partial charge in [-0.25, -0.2) is 13.8 Å². The van der Waals surface area contributed by atoms with E-state index in [9.17, 15) is 8.42 Å². The van der Waals surface area contributed by atoms with Crippen molar-refractivity contribution in [3.8, 4) is 0 Å². The highest BCUT2D eigenvalue weighted by Gasteiger charge is 2.28. The number of nitrogens with one attached hydrogen (secondary N) is 2. The van der Waals surface area contributed by atoms with Gasteiger partial charge in [-0.05, 0) is 23.8 Å². The number of benzene rings is 2. The molecule has 1 saturated heterocycles. The molecule has 0 saturated carbocycles. The molecule has 0 spiro atoms. The Kier molecular flexibility index (Phi) is 5.47. The van der Waals surface area contributed by atoms with Gasteiger partial charge in [-0.2, -0.15) is 4.31 Å². The number of sulfonamides is 1. The molecule has 1 aliphatic rings. The number of para-hydroxylation sites is 1. The fraction of sp³-hybridized carbons (Fsp3) is 0.294. The van der Waals surface area contributed by atoms with Gasteiger partial charge in [0.05, 0.1) is 18.1 Å². The average molecular weight is 347 g/mol. The fourth-order valence-electron chi connectivity index (χ4n) is 2.59. The largest absolute Gasteiger partial charge is 0.379 e. The minimum atomic E-state index is -3.50. The topological polar surface area (TPSA) is 70.7 Å². The summed E-state index contributed by atoms with van der Waals surface area (Å²) in [6, 6.07) is 16.8. The van der Waals surface area contributed by atoms with E-state index in [0.29, 0.717) is 37.7 Å². The summed E-state index contributed by atoms with van der Waals surface area (Å²) in [5.74, 6) is 0. The van der Waals surface area contributed by atoms with Crippen LogP contribution in [-0.4, -0.2) is 39.0 Å². The maximum atomic E-state index is 12.9. The molecule has 0 bridgehead atoms. The summed E-state index contributed by atoms with van der Waals surface area (Å²) < 4.78 is 32.5. The number of nitrogens with zero attached hydrogens (tertiary/aromatic N) is 1. The van der Waals surface area contributed by atoms with Crippen molar-refractivity contribution < 1.29 is 13.2 Å². The van der Waals surface area contributed by atoms with E-state index in [4.69, 9.17) is 4.74 Å². The maximum absolute atomic E-state index is 12.9. The highest BCUT2D eigenvalue weighted by Crippen LogP contribution is 2.21. The van der Waals surface area contributed by atoms with Crippen molar-refractivity contribution in [1.29, 1.82) is 0 Å². The zero-order valence-electron chi connectivity index (χ0n) is 13.3. The van der Waals surface area contributed by atoms with Crippen molar-refractivity contribution in [2.75, 3.05) is 31.7 Å². The van der Waals surface area contributed by atoms with Gasteiger partial charge in [0.2, 0.25) is 10.0 Å². The molecule has 0 unspecified atom stereocenters. The number of hydrogen-bond donors (Lipinski definition) is 2. The molecule has 0 aromatic heterocycles. The van der Waals surface area contributed by atoms with Gasteiger partial charge in [-0.1, -0.05) is 36.4 Å². The van der Waals surface area contributed by atoms with E-state index in [1.165, 1.54) is 4.31 Å². The van der Waals surface area contributed by atoms with Crippen LogP contribution in [0.4, 0.5) is 5.69 Å². The Labute approximate surface area is 142 Å². The average Bonchev–Trinajstić information content (AvgIpc) is 2.64. The third kappa shape index (κ3) is 3.93. The summed E-state index contributed by atoms with van der Waals surface area (Å²) >= 11 is 0. The summed E-state index contributed by atoms with van der Waals surface area (Å²) in [6.45, 7) is 2.07. The first-order chi connectivity index (χ1) is 11.7. The number of rotatable bonds is 6. The fourth-order valence-corrected chi connectivity index (χ4v) is 4.22. The highest BCUT2D eigenvalue weighted by atomic mass is 32.2. The van der Waals surface area contributed by atoms with Crippen molar-refractivity contribution in [2.24, 2.45) is 0 Å². The summed E-state index contributed by atoms with van der Waals surface area (Å²) in [5, 5.41) is 0. The molecule has 0 amide bonds. The van der Waals surface area contributed by atoms with Crippen LogP contribution in [0.25, 0.3) is 0 Å². The lowest BCUT2D eigenvalue weighted by Gasteiger charge is -2.27. The molecule has 24 heavy (non-hydrogen) atoms. The van der Waals surface area contributed by atoms with Gasteiger partial charge in [-0.15, -0.1) is 0 Å². The van der Waals surface area contributed by atoms with E-state index in [0.717, 1.165) is 11.3 Å². The molecule has 7 heteroatoms. The Morgan fingerprint density at radius 2 is 1.62 bits per heavy atom. The second kappa shape index (κ2) is 7.76. The van der Waals surface area contributed by atoms with E-state index in [2.05, 4.69) is 10.9 Å². The standard InChI is InChI=1S/C17H21N3O3S/c21-24(22,20-10-12-23-13-11-20)17-9-5-4-6-15(17)14-18-19-16-7-2-1-3-8-16/h1-9,18-19H,10-14H2. The predicted octanol–water partition coefficient (Wildman–Crippen LogP) is 1.82. The predicted molar refractivity (Wildman–Crippen MR) is 92.9 cm³/mol. The van der Waals surface area contributed by atoms with Crippen LogP contribution in [0.1, 0.15) is 5.56 Å². The first-order valence-corrected chi connectivity index (χ1v) is 9.32. The second-order valence-electron chi connectivity index (χ2n) is 5.47. The third-order valence-electron chi connectivity index (χ3n) is 3.85. The van der Waals surface area contributed by atoms with Crippen LogP contribution in [0.5, 0.6) is 0 Å². The first-order valence-electron chi connectivity index (χ1n) is 7.87. The lowest BCUT2D eigenvalue weighted by Crippen LogP contribution is -2.41. The maximum Gasteiger partial charge on any atom is 0.243 e. The van der Waals surface area contributed by atoms with Gasteiger partial charge in [0.1, 0.15) is 0 Å². The van der Waals surface area contributed by atoms with Gasteiger partial charge in [0, 0.05) is 25.3 Å². The first kappa shape index (κ1) is 16.9. The van der Waals surface area contributed by atoms with Crippen LogP contribution in [0.3, 0.4) is 0 Å². The molecule has 1 fully saturated rings. The Bertz CT molecular complexity index is 760. The third-order valence-corrected chi connectivity index (χ3v) is 5.84. The summed E-state index contributed by atoms with van der Waals surface area (Å²) in [6.07, 6.45) is 0. The molecule has 128 valence electrons. The van der Waals surface area contributed by atoms with Gasteiger partial charge < -0.3 is 10.2 Å². The SMILES string of the molecule is O=S(=O)(c1ccccc1CNNc1ccccc1)N1CCOCC1. The Balaban J connectivity index is 1.72. The van der Waals surface area contributed by atoms with E-state index in [1.807, 2.05) is 42.5 Å². The van der Waals surface area contributed by atoms with Crippen LogP contribution in [0.2, 0.25) is 0 Å². The van der Waals surface area contributed by atoms with Gasteiger partial charge in [-0.3, -0.25) is 0 Å². The minimum absolute atomic E-state index is 0.342. The van der Waals surface area contributed by atoms with Crippen LogP contribution in [0, 0.1) is 0 Å². The number of anilines is 1.